The summed E-state index contributed by atoms with van der Waals surface area (Å²) >= 11 is 0. The van der Waals surface area contributed by atoms with Crippen molar-refractivity contribution in [3.8, 4) is 0 Å². The Hall–Kier alpha value is -0.780. The zero-order chi connectivity index (χ0) is 19.1. The molecule has 1 saturated heterocycles. The quantitative estimate of drug-likeness (QED) is 0.567. The third-order valence-electron chi connectivity index (χ3n) is 7.57. The first kappa shape index (κ1) is 19.5. The number of nitrogens with zero attached hydrogens (tertiary/aromatic N) is 1. The standard InChI is InChI=1S/C21H37N3O2S/c1-21(2)8-5-18(6-9-21)23-20(22-13-16-7-10-27(25,26)14-16)24-19-12-15-3-4-17(19)11-15/h15-19H,3-14H2,1-2H3,(H2,22,23,24). The molecule has 154 valence electrons. The van der Waals surface area contributed by atoms with E-state index in [0.29, 0.717) is 35.5 Å². The summed E-state index contributed by atoms with van der Waals surface area (Å²) in [5.74, 6) is 3.51. The van der Waals surface area contributed by atoms with Crippen LogP contribution in [0.25, 0.3) is 0 Å². The molecule has 1 aliphatic heterocycles. The van der Waals surface area contributed by atoms with Gasteiger partial charge in [-0.15, -0.1) is 0 Å². The van der Waals surface area contributed by atoms with Crippen molar-refractivity contribution < 1.29 is 8.42 Å². The summed E-state index contributed by atoms with van der Waals surface area (Å²) in [6.45, 7) is 5.37. The minimum Gasteiger partial charge on any atom is -0.354 e. The van der Waals surface area contributed by atoms with Gasteiger partial charge in [-0.1, -0.05) is 20.3 Å². The average Bonchev–Trinajstić information content (AvgIpc) is 3.30. The van der Waals surface area contributed by atoms with Gasteiger partial charge in [-0.25, -0.2) is 8.42 Å². The van der Waals surface area contributed by atoms with E-state index in [4.69, 9.17) is 4.99 Å². The van der Waals surface area contributed by atoms with Gasteiger partial charge in [-0.2, -0.15) is 0 Å². The second-order valence-corrected chi connectivity index (χ2v) is 12.7. The summed E-state index contributed by atoms with van der Waals surface area (Å²) < 4.78 is 23.5. The number of hydrogen-bond donors (Lipinski definition) is 2. The molecule has 4 fully saturated rings. The van der Waals surface area contributed by atoms with Gasteiger partial charge in [0.15, 0.2) is 15.8 Å². The van der Waals surface area contributed by atoms with Crippen LogP contribution < -0.4 is 10.6 Å². The molecular weight excluding hydrogens is 358 g/mol. The van der Waals surface area contributed by atoms with Crippen molar-refractivity contribution in [2.45, 2.75) is 83.7 Å². The Morgan fingerprint density at radius 1 is 1.04 bits per heavy atom. The fraction of sp³-hybridized carbons (Fsp3) is 0.952. The van der Waals surface area contributed by atoms with E-state index < -0.39 is 9.84 Å². The molecule has 0 spiro atoms. The zero-order valence-electron chi connectivity index (χ0n) is 17.0. The topological polar surface area (TPSA) is 70.6 Å². The lowest BCUT2D eigenvalue weighted by atomic mass is 9.75. The van der Waals surface area contributed by atoms with Crippen LogP contribution in [0.5, 0.6) is 0 Å². The van der Waals surface area contributed by atoms with Crippen LogP contribution in [0.2, 0.25) is 0 Å². The van der Waals surface area contributed by atoms with Gasteiger partial charge in [0.25, 0.3) is 0 Å². The normalized spacial score (nSPS) is 38.2. The summed E-state index contributed by atoms with van der Waals surface area (Å²) in [5.41, 5.74) is 0.464. The lowest BCUT2D eigenvalue weighted by molar-refractivity contribution is 0.216. The lowest BCUT2D eigenvalue weighted by Crippen LogP contribution is -2.50. The molecular formula is C21H37N3O2S. The minimum atomic E-state index is -2.82. The first-order valence-electron chi connectivity index (χ1n) is 11.1. The molecule has 4 rings (SSSR count). The van der Waals surface area contributed by atoms with E-state index in [9.17, 15) is 8.42 Å². The van der Waals surface area contributed by atoms with Crippen molar-refractivity contribution in [2.75, 3.05) is 18.1 Å². The first-order valence-corrected chi connectivity index (χ1v) is 12.9. The number of rotatable bonds is 4. The zero-order valence-corrected chi connectivity index (χ0v) is 17.9. The van der Waals surface area contributed by atoms with Gasteiger partial charge in [0.05, 0.1) is 11.5 Å². The average molecular weight is 396 g/mol. The van der Waals surface area contributed by atoms with Crippen LogP contribution >= 0.6 is 0 Å². The minimum absolute atomic E-state index is 0.193. The maximum absolute atomic E-state index is 11.7. The van der Waals surface area contributed by atoms with Gasteiger partial charge in [0.2, 0.25) is 0 Å². The summed E-state index contributed by atoms with van der Waals surface area (Å²) in [6, 6.07) is 1.05. The highest BCUT2D eigenvalue weighted by molar-refractivity contribution is 7.91. The fourth-order valence-corrected chi connectivity index (χ4v) is 7.55. The molecule has 27 heavy (non-hydrogen) atoms. The molecule has 2 bridgehead atoms. The molecule has 2 N–H and O–H groups in total. The molecule has 0 aromatic rings. The highest BCUT2D eigenvalue weighted by Gasteiger charge is 2.40. The Balaban J connectivity index is 1.38. The van der Waals surface area contributed by atoms with Crippen LogP contribution in [-0.4, -0.2) is 44.5 Å². The molecule has 0 amide bonds. The van der Waals surface area contributed by atoms with Crippen molar-refractivity contribution in [1.29, 1.82) is 0 Å². The monoisotopic (exact) mass is 395 g/mol. The van der Waals surface area contributed by atoms with E-state index in [0.717, 1.165) is 24.2 Å². The van der Waals surface area contributed by atoms with E-state index in [1.807, 2.05) is 0 Å². The Morgan fingerprint density at radius 2 is 1.81 bits per heavy atom. The lowest BCUT2D eigenvalue weighted by Gasteiger charge is -2.36. The van der Waals surface area contributed by atoms with E-state index in [2.05, 4.69) is 24.5 Å². The Morgan fingerprint density at radius 3 is 2.41 bits per heavy atom. The maximum Gasteiger partial charge on any atom is 0.191 e. The molecule has 1 heterocycles. The van der Waals surface area contributed by atoms with Crippen LogP contribution in [0.4, 0.5) is 0 Å². The number of guanidine groups is 1. The molecule has 3 saturated carbocycles. The van der Waals surface area contributed by atoms with Gasteiger partial charge in [-0.05, 0) is 74.5 Å². The van der Waals surface area contributed by atoms with Crippen LogP contribution in [0, 0.1) is 23.2 Å². The van der Waals surface area contributed by atoms with Gasteiger partial charge < -0.3 is 10.6 Å². The third-order valence-corrected chi connectivity index (χ3v) is 9.41. The molecule has 5 nitrogen and oxygen atoms in total. The van der Waals surface area contributed by atoms with E-state index >= 15 is 0 Å². The SMILES string of the molecule is CC1(C)CCC(NC(=NCC2CCS(=O)(=O)C2)NC2CC3CCC2C3)CC1. The Labute approximate surface area is 165 Å². The molecule has 4 atom stereocenters. The Bertz CT molecular complexity index is 663. The smallest absolute Gasteiger partial charge is 0.191 e. The van der Waals surface area contributed by atoms with E-state index in [1.54, 1.807) is 0 Å². The molecule has 0 radical (unpaired) electrons. The number of fused-ring (bicyclic) bond motifs is 2. The van der Waals surface area contributed by atoms with Crippen molar-refractivity contribution in [3.63, 3.8) is 0 Å². The predicted octanol–water partition coefficient (Wildman–Crippen LogP) is 3.11. The van der Waals surface area contributed by atoms with Gasteiger partial charge in [0, 0.05) is 18.6 Å². The molecule has 3 aliphatic carbocycles. The number of sulfone groups is 1. The Kier molecular flexibility index (Phi) is 5.47. The molecule has 6 heteroatoms. The summed E-state index contributed by atoms with van der Waals surface area (Å²) in [7, 11) is -2.82. The molecule has 0 aromatic heterocycles. The number of nitrogens with one attached hydrogen (secondary N) is 2. The number of aliphatic imine (C=N–C) groups is 1. The fourth-order valence-electron chi connectivity index (χ4n) is 5.70. The largest absolute Gasteiger partial charge is 0.354 e. The van der Waals surface area contributed by atoms with Crippen molar-refractivity contribution in [1.82, 2.24) is 10.6 Å². The van der Waals surface area contributed by atoms with Crippen LogP contribution in [0.3, 0.4) is 0 Å². The molecule has 4 aliphatic rings. The van der Waals surface area contributed by atoms with E-state index in [1.165, 1.54) is 51.4 Å². The predicted molar refractivity (Wildman–Crippen MR) is 111 cm³/mol. The number of hydrogen-bond acceptors (Lipinski definition) is 3. The summed E-state index contributed by atoms with van der Waals surface area (Å²) in [4.78, 5) is 4.88. The summed E-state index contributed by atoms with van der Waals surface area (Å²) in [5, 5.41) is 7.46. The van der Waals surface area contributed by atoms with E-state index in [-0.39, 0.29) is 5.92 Å². The van der Waals surface area contributed by atoms with Gasteiger partial charge in [0.1, 0.15) is 0 Å². The van der Waals surface area contributed by atoms with Crippen molar-refractivity contribution >= 4 is 15.8 Å². The van der Waals surface area contributed by atoms with Crippen LogP contribution in [0.1, 0.15) is 71.6 Å². The maximum atomic E-state index is 11.7. The third kappa shape index (κ3) is 4.99. The molecule has 0 aromatic carbocycles. The van der Waals surface area contributed by atoms with Gasteiger partial charge >= 0.3 is 0 Å². The van der Waals surface area contributed by atoms with Crippen LogP contribution in [0.15, 0.2) is 4.99 Å². The highest BCUT2D eigenvalue weighted by Crippen LogP contribution is 2.44. The van der Waals surface area contributed by atoms with Crippen molar-refractivity contribution in [2.24, 2.45) is 28.2 Å². The second-order valence-electron chi connectivity index (χ2n) is 10.5. The second kappa shape index (κ2) is 7.57. The highest BCUT2D eigenvalue weighted by atomic mass is 32.2. The molecule has 4 unspecified atom stereocenters. The van der Waals surface area contributed by atoms with Crippen molar-refractivity contribution in [3.05, 3.63) is 0 Å². The first-order chi connectivity index (χ1) is 12.8. The summed E-state index contributed by atoms with van der Waals surface area (Å²) in [6.07, 6.45) is 11.1. The van der Waals surface area contributed by atoms with Gasteiger partial charge in [-0.3, -0.25) is 4.99 Å². The van der Waals surface area contributed by atoms with Crippen LogP contribution in [-0.2, 0) is 9.84 Å².